The minimum Gasteiger partial charge on any atom is -0.350 e. The van der Waals surface area contributed by atoms with E-state index in [2.05, 4.69) is 32.2 Å². The molecule has 2 heterocycles. The molecule has 2 aromatic rings. The van der Waals surface area contributed by atoms with Crippen LogP contribution in [0.3, 0.4) is 0 Å². The number of aryl methyl sites for hydroxylation is 1. The molecule has 1 aliphatic rings. The number of hydrogen-bond acceptors (Lipinski definition) is 5. The molecule has 0 saturated carbocycles. The second-order valence-electron chi connectivity index (χ2n) is 5.91. The molecule has 2 N–H and O–H groups in total. The molecule has 0 radical (unpaired) electrons. The lowest BCUT2D eigenvalue weighted by molar-refractivity contribution is -0.124. The van der Waals surface area contributed by atoms with E-state index in [0.29, 0.717) is 18.8 Å². The van der Waals surface area contributed by atoms with Crippen LogP contribution in [0.5, 0.6) is 0 Å². The lowest BCUT2D eigenvalue weighted by atomic mass is 10.0. The van der Waals surface area contributed by atoms with Gasteiger partial charge in [-0.15, -0.1) is 5.10 Å². The Morgan fingerprint density at radius 3 is 2.88 bits per heavy atom. The van der Waals surface area contributed by atoms with Gasteiger partial charge in [-0.3, -0.25) is 4.79 Å². The van der Waals surface area contributed by atoms with E-state index in [1.807, 2.05) is 30.3 Å². The van der Waals surface area contributed by atoms with Gasteiger partial charge in [-0.1, -0.05) is 42.0 Å². The fourth-order valence-electron chi connectivity index (χ4n) is 2.80. The molecule has 3 rings (SSSR count). The quantitative estimate of drug-likeness (QED) is 0.767. The predicted octanol–water partition coefficient (Wildman–Crippen LogP) is 0.801. The molecule has 1 aromatic heterocycles. The van der Waals surface area contributed by atoms with Gasteiger partial charge in [-0.25, -0.2) is 4.68 Å². The maximum Gasteiger partial charge on any atom is 0.245 e. The van der Waals surface area contributed by atoms with Crippen molar-refractivity contribution in [3.05, 3.63) is 53.4 Å². The van der Waals surface area contributed by atoms with E-state index < -0.39 is 6.04 Å². The van der Waals surface area contributed by atoms with Gasteiger partial charge >= 0.3 is 0 Å². The highest BCUT2D eigenvalue weighted by atomic mass is 16.2. The number of benzene rings is 1. The maximum absolute atomic E-state index is 12.8. The summed E-state index contributed by atoms with van der Waals surface area (Å²) in [6, 6.07) is 9.46. The number of nitrogens with one attached hydrogen (secondary N) is 2. The molecule has 1 aromatic carbocycles. The molecule has 7 heteroatoms. The normalized spacial score (nSPS) is 15.6. The highest BCUT2D eigenvalue weighted by molar-refractivity contribution is 5.80. The van der Waals surface area contributed by atoms with E-state index in [1.54, 1.807) is 11.6 Å². The summed E-state index contributed by atoms with van der Waals surface area (Å²) in [4.78, 5) is 12.8. The molecule has 1 aliphatic heterocycles. The molecule has 126 valence electrons. The van der Waals surface area contributed by atoms with Crippen LogP contribution < -0.4 is 10.6 Å². The third-order valence-corrected chi connectivity index (χ3v) is 4.17. The summed E-state index contributed by atoms with van der Waals surface area (Å²) >= 11 is 0. The molecule has 0 bridgehead atoms. The zero-order valence-electron chi connectivity index (χ0n) is 13.8. The van der Waals surface area contributed by atoms with Crippen LogP contribution in [0, 0.1) is 6.92 Å². The van der Waals surface area contributed by atoms with Crippen molar-refractivity contribution in [2.75, 3.05) is 19.6 Å². The van der Waals surface area contributed by atoms with Crippen LogP contribution in [0.15, 0.2) is 42.0 Å². The summed E-state index contributed by atoms with van der Waals surface area (Å²) in [5.74, 6) is 0.570. The van der Waals surface area contributed by atoms with E-state index in [1.165, 1.54) is 5.57 Å². The average Bonchev–Trinajstić information content (AvgIpc) is 3.05. The van der Waals surface area contributed by atoms with Crippen molar-refractivity contribution in [1.82, 2.24) is 30.8 Å². The van der Waals surface area contributed by atoms with Crippen molar-refractivity contribution in [3.8, 4) is 0 Å². The Morgan fingerprint density at radius 1 is 1.38 bits per heavy atom. The van der Waals surface area contributed by atoms with Crippen LogP contribution in [-0.2, 0) is 11.2 Å². The summed E-state index contributed by atoms with van der Waals surface area (Å²) in [5, 5.41) is 17.9. The zero-order valence-corrected chi connectivity index (χ0v) is 13.8. The second-order valence-corrected chi connectivity index (χ2v) is 5.91. The van der Waals surface area contributed by atoms with Crippen molar-refractivity contribution < 1.29 is 4.79 Å². The fraction of sp³-hybridized carbons (Fsp3) is 0.412. The van der Waals surface area contributed by atoms with Crippen LogP contribution in [0.1, 0.15) is 23.9 Å². The van der Waals surface area contributed by atoms with Crippen molar-refractivity contribution in [1.29, 1.82) is 0 Å². The monoisotopic (exact) mass is 326 g/mol. The topological polar surface area (TPSA) is 84.7 Å². The first kappa shape index (κ1) is 16.3. The number of hydrogen-bond donors (Lipinski definition) is 2. The molecule has 24 heavy (non-hydrogen) atoms. The van der Waals surface area contributed by atoms with Crippen LogP contribution in [0.4, 0.5) is 0 Å². The van der Waals surface area contributed by atoms with Gasteiger partial charge < -0.3 is 10.6 Å². The Kier molecular flexibility index (Phi) is 5.32. The molecule has 7 nitrogen and oxygen atoms in total. The van der Waals surface area contributed by atoms with Crippen LogP contribution >= 0.6 is 0 Å². The summed E-state index contributed by atoms with van der Waals surface area (Å²) in [6.45, 7) is 4.21. The highest BCUT2D eigenvalue weighted by Gasteiger charge is 2.24. The Balaban J connectivity index is 1.72. The Bertz CT molecular complexity index is 709. The molecule has 0 saturated heterocycles. The number of amides is 1. The van der Waals surface area contributed by atoms with Gasteiger partial charge in [0.15, 0.2) is 0 Å². The SMILES string of the molecule is Cc1nnnn1C(Cc1ccccc1)C(=O)NCC1=CCNCC1. The van der Waals surface area contributed by atoms with Gasteiger partial charge in [-0.2, -0.15) is 0 Å². The van der Waals surface area contributed by atoms with Gasteiger partial charge in [0.25, 0.3) is 0 Å². The minimum absolute atomic E-state index is 0.0614. The van der Waals surface area contributed by atoms with Crippen LogP contribution in [-0.4, -0.2) is 45.7 Å². The van der Waals surface area contributed by atoms with Gasteiger partial charge in [0, 0.05) is 19.5 Å². The van der Waals surface area contributed by atoms with Crippen LogP contribution in [0.25, 0.3) is 0 Å². The molecule has 1 amide bonds. The summed E-state index contributed by atoms with van der Waals surface area (Å²) in [5.41, 5.74) is 2.34. The number of nitrogens with zero attached hydrogens (tertiary/aromatic N) is 4. The summed E-state index contributed by atoms with van der Waals surface area (Å²) in [6.07, 6.45) is 3.66. The number of carbonyl (C=O) groups is 1. The van der Waals surface area contributed by atoms with E-state index >= 15 is 0 Å². The molecule has 0 fully saturated rings. The predicted molar refractivity (Wildman–Crippen MR) is 90.3 cm³/mol. The number of rotatable bonds is 6. The highest BCUT2D eigenvalue weighted by Crippen LogP contribution is 2.15. The largest absolute Gasteiger partial charge is 0.350 e. The summed E-state index contributed by atoms with van der Waals surface area (Å²) in [7, 11) is 0. The number of aromatic nitrogens is 4. The van der Waals surface area contributed by atoms with E-state index in [9.17, 15) is 4.79 Å². The molecule has 0 spiro atoms. The van der Waals surface area contributed by atoms with E-state index in [4.69, 9.17) is 0 Å². The van der Waals surface area contributed by atoms with Gasteiger partial charge in [0.1, 0.15) is 11.9 Å². The van der Waals surface area contributed by atoms with E-state index in [-0.39, 0.29) is 5.91 Å². The van der Waals surface area contributed by atoms with Crippen LogP contribution in [0.2, 0.25) is 0 Å². The zero-order chi connectivity index (χ0) is 16.8. The first-order valence-corrected chi connectivity index (χ1v) is 8.19. The van der Waals surface area contributed by atoms with Crippen molar-refractivity contribution >= 4 is 5.91 Å². The van der Waals surface area contributed by atoms with Gasteiger partial charge in [0.05, 0.1) is 0 Å². The van der Waals surface area contributed by atoms with Gasteiger partial charge in [0.2, 0.25) is 5.91 Å². The second kappa shape index (κ2) is 7.83. The minimum atomic E-state index is -0.454. The number of tetrazole rings is 1. The lowest BCUT2D eigenvalue weighted by Gasteiger charge is -2.19. The molecule has 1 unspecified atom stereocenters. The molecular formula is C17H22N6O. The smallest absolute Gasteiger partial charge is 0.245 e. The van der Waals surface area contributed by atoms with Crippen molar-refractivity contribution in [3.63, 3.8) is 0 Å². The first-order valence-electron chi connectivity index (χ1n) is 8.19. The van der Waals surface area contributed by atoms with Crippen molar-refractivity contribution in [2.45, 2.75) is 25.8 Å². The van der Waals surface area contributed by atoms with E-state index in [0.717, 1.165) is 25.1 Å². The third-order valence-electron chi connectivity index (χ3n) is 4.17. The molecular weight excluding hydrogens is 304 g/mol. The molecule has 0 aliphatic carbocycles. The van der Waals surface area contributed by atoms with Crippen molar-refractivity contribution in [2.24, 2.45) is 0 Å². The Morgan fingerprint density at radius 2 is 2.21 bits per heavy atom. The number of carbonyl (C=O) groups excluding carboxylic acids is 1. The fourth-order valence-corrected chi connectivity index (χ4v) is 2.80. The Labute approximate surface area is 141 Å². The third kappa shape index (κ3) is 4.05. The standard InChI is InChI=1S/C17H22N6O/c1-13-20-21-22-23(13)16(11-14-5-3-2-4-6-14)17(24)19-12-15-7-9-18-10-8-15/h2-7,16,18H,8-12H2,1H3,(H,19,24). The Hall–Kier alpha value is -2.54. The summed E-state index contributed by atoms with van der Waals surface area (Å²) < 4.78 is 1.60. The lowest BCUT2D eigenvalue weighted by Crippen LogP contribution is -2.37. The average molecular weight is 326 g/mol. The first-order chi connectivity index (χ1) is 11.7. The van der Waals surface area contributed by atoms with Gasteiger partial charge in [-0.05, 0) is 35.9 Å². The maximum atomic E-state index is 12.8. The molecule has 1 atom stereocenters.